The van der Waals surface area contributed by atoms with Gasteiger partial charge in [-0.1, -0.05) is 63.3 Å². The zero-order valence-corrected chi connectivity index (χ0v) is 20.4. The molecule has 0 radical (unpaired) electrons. The van der Waals surface area contributed by atoms with Crippen molar-refractivity contribution in [1.82, 2.24) is 0 Å². The molecule has 2 aliphatic rings. The molecule has 0 N–H and O–H groups in total. The highest BCUT2D eigenvalue weighted by Gasteiger charge is 2.30. The summed E-state index contributed by atoms with van der Waals surface area (Å²) in [5.74, 6) is 1.95. The average Bonchev–Trinajstić information content (AvgIpc) is 2.86. The summed E-state index contributed by atoms with van der Waals surface area (Å²) in [7, 11) is 0. The Morgan fingerprint density at radius 2 is 1.55 bits per heavy atom. The van der Waals surface area contributed by atoms with Crippen LogP contribution in [-0.2, 0) is 6.42 Å². The van der Waals surface area contributed by atoms with E-state index in [2.05, 4.69) is 13.0 Å². The van der Waals surface area contributed by atoms with Crippen LogP contribution >= 0.6 is 0 Å². The molecule has 4 rings (SSSR count). The highest BCUT2D eigenvalue weighted by molar-refractivity contribution is 5.85. The van der Waals surface area contributed by atoms with Gasteiger partial charge in [0.1, 0.15) is 6.61 Å². The van der Waals surface area contributed by atoms with Crippen molar-refractivity contribution in [2.24, 2.45) is 23.7 Å². The molecule has 0 atom stereocenters. The van der Waals surface area contributed by atoms with Gasteiger partial charge >= 0.3 is 0 Å². The van der Waals surface area contributed by atoms with Crippen LogP contribution in [0.5, 0.6) is 5.75 Å². The summed E-state index contributed by atoms with van der Waals surface area (Å²) in [6, 6.07) is 7.41. The van der Waals surface area contributed by atoms with Gasteiger partial charge in [0.15, 0.2) is 11.6 Å². The lowest BCUT2D eigenvalue weighted by Crippen LogP contribution is -2.25. The molecule has 0 spiro atoms. The second-order valence-electron chi connectivity index (χ2n) is 10.4. The van der Waals surface area contributed by atoms with Crippen molar-refractivity contribution in [2.45, 2.75) is 84.5 Å². The van der Waals surface area contributed by atoms with Gasteiger partial charge in [0.25, 0.3) is 0 Å². The van der Waals surface area contributed by atoms with E-state index in [1.54, 1.807) is 12.1 Å². The lowest BCUT2D eigenvalue weighted by atomic mass is 9.68. The number of aryl methyl sites for hydroxylation is 1. The zero-order chi connectivity index (χ0) is 23.2. The minimum atomic E-state index is -0.893. The standard InChI is InChI=1S/C30H40F2O/c1-3-5-18-33-28-20-26-17-12-23(19-27(26)29(31)30(28)32)7-6-22-10-15-25(16-11-22)24-13-8-21(4-2)9-14-24/h3,5,12,17,19-22,24-25H,4,6-11,13-16,18H2,1-2H3. The smallest absolute Gasteiger partial charge is 0.201 e. The van der Waals surface area contributed by atoms with E-state index in [4.69, 9.17) is 4.74 Å². The van der Waals surface area contributed by atoms with Crippen LogP contribution in [0.4, 0.5) is 8.78 Å². The molecule has 0 bridgehead atoms. The molecule has 2 saturated carbocycles. The van der Waals surface area contributed by atoms with Gasteiger partial charge in [-0.15, -0.1) is 0 Å². The van der Waals surface area contributed by atoms with Crippen LogP contribution in [0.3, 0.4) is 0 Å². The molecule has 0 amide bonds. The van der Waals surface area contributed by atoms with E-state index in [0.717, 1.165) is 42.1 Å². The molecule has 1 nitrogen and oxygen atoms in total. The Morgan fingerprint density at radius 3 is 2.18 bits per heavy atom. The van der Waals surface area contributed by atoms with Crippen LogP contribution in [0.15, 0.2) is 36.4 Å². The number of halogens is 2. The van der Waals surface area contributed by atoms with Crippen LogP contribution in [0.1, 0.15) is 83.6 Å². The molecule has 0 unspecified atom stereocenters. The van der Waals surface area contributed by atoms with Gasteiger partial charge in [0.05, 0.1) is 0 Å². The molecule has 2 aromatic carbocycles. The second-order valence-corrected chi connectivity index (χ2v) is 10.4. The van der Waals surface area contributed by atoms with Gasteiger partial charge < -0.3 is 4.74 Å². The van der Waals surface area contributed by atoms with E-state index >= 15 is 0 Å². The van der Waals surface area contributed by atoms with Gasteiger partial charge in [-0.05, 0) is 92.2 Å². The molecule has 33 heavy (non-hydrogen) atoms. The predicted octanol–water partition coefficient (Wildman–Crippen LogP) is 9.03. The lowest BCUT2D eigenvalue weighted by Gasteiger charge is -2.37. The van der Waals surface area contributed by atoms with Crippen molar-refractivity contribution in [3.05, 3.63) is 53.6 Å². The first-order valence-electron chi connectivity index (χ1n) is 13.2. The minimum Gasteiger partial charge on any atom is -0.486 e. The summed E-state index contributed by atoms with van der Waals surface area (Å²) >= 11 is 0. The third-order valence-corrected chi connectivity index (χ3v) is 8.49. The van der Waals surface area contributed by atoms with Crippen molar-refractivity contribution in [1.29, 1.82) is 0 Å². The van der Waals surface area contributed by atoms with E-state index in [1.807, 2.05) is 25.1 Å². The maximum atomic E-state index is 14.7. The number of benzene rings is 2. The molecule has 180 valence electrons. The molecule has 0 heterocycles. The fourth-order valence-corrected chi connectivity index (χ4v) is 6.23. The number of ether oxygens (including phenoxy) is 1. The average molecular weight is 455 g/mol. The summed E-state index contributed by atoms with van der Waals surface area (Å²) in [5, 5.41) is 1.04. The zero-order valence-electron chi connectivity index (χ0n) is 20.4. The van der Waals surface area contributed by atoms with E-state index in [0.29, 0.717) is 10.8 Å². The van der Waals surface area contributed by atoms with Crippen LogP contribution < -0.4 is 4.74 Å². The number of hydrogen-bond donors (Lipinski definition) is 0. The Bertz CT molecular complexity index is 934. The van der Waals surface area contributed by atoms with Crippen LogP contribution in [0.2, 0.25) is 0 Å². The molecule has 0 aromatic heterocycles. The highest BCUT2D eigenvalue weighted by Crippen LogP contribution is 2.42. The quantitative estimate of drug-likeness (QED) is 0.362. The van der Waals surface area contributed by atoms with Gasteiger partial charge in [-0.2, -0.15) is 4.39 Å². The number of allylic oxidation sites excluding steroid dienone is 1. The SMILES string of the molecule is CC=CCOc1cc2ccc(CCC3CCC(C4CCC(CC)CC4)CC3)cc2c(F)c1F. The molecular weight excluding hydrogens is 414 g/mol. The van der Waals surface area contributed by atoms with E-state index in [1.165, 1.54) is 57.8 Å². The van der Waals surface area contributed by atoms with E-state index in [-0.39, 0.29) is 12.4 Å². The fourth-order valence-electron chi connectivity index (χ4n) is 6.23. The van der Waals surface area contributed by atoms with Crippen LogP contribution in [0.25, 0.3) is 10.8 Å². The van der Waals surface area contributed by atoms with Crippen LogP contribution in [0, 0.1) is 35.3 Å². The Hall–Kier alpha value is -1.90. The summed E-state index contributed by atoms with van der Waals surface area (Å²) in [6.45, 7) is 4.44. The fraction of sp³-hybridized carbons (Fsp3) is 0.600. The first kappa shape index (κ1) is 24.2. The molecule has 2 aromatic rings. The largest absolute Gasteiger partial charge is 0.486 e. The van der Waals surface area contributed by atoms with E-state index < -0.39 is 11.6 Å². The Morgan fingerprint density at radius 1 is 0.879 bits per heavy atom. The molecule has 0 aliphatic heterocycles. The number of rotatable bonds is 8. The lowest BCUT2D eigenvalue weighted by molar-refractivity contribution is 0.142. The normalized spacial score (nSPS) is 26.2. The van der Waals surface area contributed by atoms with Crippen LogP contribution in [-0.4, -0.2) is 6.61 Å². The monoisotopic (exact) mass is 454 g/mol. The van der Waals surface area contributed by atoms with Gasteiger partial charge in [0.2, 0.25) is 5.82 Å². The first-order chi connectivity index (χ1) is 16.1. The van der Waals surface area contributed by atoms with Crippen molar-refractivity contribution in [2.75, 3.05) is 6.61 Å². The Labute approximate surface area is 198 Å². The maximum absolute atomic E-state index is 14.7. The maximum Gasteiger partial charge on any atom is 0.201 e. The van der Waals surface area contributed by atoms with Crippen molar-refractivity contribution in [3.8, 4) is 5.75 Å². The summed E-state index contributed by atoms with van der Waals surface area (Å²) in [5.41, 5.74) is 1.10. The molecule has 0 saturated heterocycles. The van der Waals surface area contributed by atoms with E-state index in [9.17, 15) is 8.78 Å². The first-order valence-corrected chi connectivity index (χ1v) is 13.2. The number of hydrogen-bond acceptors (Lipinski definition) is 1. The van der Waals surface area contributed by atoms with Gasteiger partial charge in [-0.3, -0.25) is 0 Å². The topological polar surface area (TPSA) is 9.23 Å². The Kier molecular flexibility index (Phi) is 8.44. The minimum absolute atomic E-state index is 0.0224. The second kappa shape index (κ2) is 11.5. The molecule has 2 fully saturated rings. The third kappa shape index (κ3) is 5.97. The molecule has 3 heteroatoms. The van der Waals surface area contributed by atoms with Crippen molar-refractivity contribution < 1.29 is 13.5 Å². The summed E-state index contributed by atoms with van der Waals surface area (Å²) < 4.78 is 34.6. The molecular formula is C30H40F2O. The summed E-state index contributed by atoms with van der Waals surface area (Å²) in [4.78, 5) is 0. The third-order valence-electron chi connectivity index (χ3n) is 8.49. The highest BCUT2D eigenvalue weighted by atomic mass is 19.2. The number of fused-ring (bicyclic) bond motifs is 1. The van der Waals surface area contributed by atoms with Gasteiger partial charge in [-0.25, -0.2) is 4.39 Å². The Balaban J connectivity index is 1.31. The van der Waals surface area contributed by atoms with Crippen molar-refractivity contribution >= 4 is 10.8 Å². The van der Waals surface area contributed by atoms with Gasteiger partial charge in [0, 0.05) is 5.39 Å². The molecule has 2 aliphatic carbocycles. The predicted molar refractivity (Wildman–Crippen MR) is 134 cm³/mol. The summed E-state index contributed by atoms with van der Waals surface area (Å²) in [6.07, 6.45) is 18.3. The van der Waals surface area contributed by atoms with Crippen molar-refractivity contribution in [3.63, 3.8) is 0 Å².